The van der Waals surface area contributed by atoms with Crippen LogP contribution in [-0.2, 0) is 12.6 Å². The summed E-state index contributed by atoms with van der Waals surface area (Å²) in [6.07, 6.45) is -0.530. The minimum atomic E-state index is -4.26. The molecular weight excluding hydrogens is 249 g/mol. The molecule has 94 valence electrons. The Balaban J connectivity index is 2.11. The molecule has 1 aliphatic rings. The summed E-state index contributed by atoms with van der Waals surface area (Å²) in [4.78, 5) is 0. The van der Waals surface area contributed by atoms with Crippen molar-refractivity contribution >= 4 is 11.6 Å². The molecule has 1 aromatic carbocycles. The van der Waals surface area contributed by atoms with Gasteiger partial charge in [0.1, 0.15) is 0 Å². The van der Waals surface area contributed by atoms with Crippen molar-refractivity contribution in [2.45, 2.75) is 37.2 Å². The van der Waals surface area contributed by atoms with E-state index < -0.39 is 11.7 Å². The predicted octanol–water partition coefficient (Wildman–Crippen LogP) is 4.66. The number of benzene rings is 1. The number of rotatable bonds is 2. The van der Waals surface area contributed by atoms with E-state index in [1.54, 1.807) is 6.07 Å². The van der Waals surface area contributed by atoms with Crippen molar-refractivity contribution < 1.29 is 13.2 Å². The largest absolute Gasteiger partial charge is 0.416 e. The van der Waals surface area contributed by atoms with E-state index >= 15 is 0 Å². The van der Waals surface area contributed by atoms with E-state index in [0.717, 1.165) is 30.9 Å². The highest BCUT2D eigenvalue weighted by Crippen LogP contribution is 2.34. The van der Waals surface area contributed by atoms with Crippen LogP contribution in [0.25, 0.3) is 0 Å². The van der Waals surface area contributed by atoms with Crippen LogP contribution in [0.2, 0.25) is 0 Å². The predicted molar refractivity (Wildman–Crippen MR) is 62.1 cm³/mol. The molecule has 4 heteroatoms. The zero-order chi connectivity index (χ0) is 12.5. The lowest BCUT2D eigenvalue weighted by molar-refractivity contribution is -0.137. The summed E-state index contributed by atoms with van der Waals surface area (Å²) in [7, 11) is 0. The third-order valence-electron chi connectivity index (χ3n) is 3.32. The van der Waals surface area contributed by atoms with Gasteiger partial charge in [0.05, 0.1) is 5.56 Å². The molecule has 0 radical (unpaired) electrons. The summed E-state index contributed by atoms with van der Waals surface area (Å²) in [6, 6.07) is 5.56. The fourth-order valence-electron chi connectivity index (χ4n) is 2.40. The molecular formula is C13H14ClF3. The molecule has 0 bridgehead atoms. The van der Waals surface area contributed by atoms with Gasteiger partial charge < -0.3 is 0 Å². The second kappa shape index (κ2) is 4.89. The molecule has 0 aromatic heterocycles. The minimum absolute atomic E-state index is 0.115. The molecule has 0 aliphatic heterocycles. The van der Waals surface area contributed by atoms with Crippen molar-refractivity contribution in [3.63, 3.8) is 0 Å². The molecule has 0 amide bonds. The fraction of sp³-hybridized carbons (Fsp3) is 0.538. The van der Waals surface area contributed by atoms with Crippen molar-refractivity contribution in [2.75, 3.05) is 0 Å². The molecule has 1 fully saturated rings. The molecule has 0 saturated heterocycles. The Morgan fingerprint density at radius 3 is 2.59 bits per heavy atom. The van der Waals surface area contributed by atoms with Crippen LogP contribution in [0, 0.1) is 5.92 Å². The lowest BCUT2D eigenvalue weighted by Crippen LogP contribution is -2.11. The summed E-state index contributed by atoms with van der Waals surface area (Å²) in [6.45, 7) is 0. The van der Waals surface area contributed by atoms with Crippen molar-refractivity contribution in [2.24, 2.45) is 5.92 Å². The van der Waals surface area contributed by atoms with E-state index in [-0.39, 0.29) is 5.38 Å². The average molecular weight is 263 g/mol. The number of halogens is 4. The molecule has 0 N–H and O–H groups in total. The maximum Gasteiger partial charge on any atom is 0.416 e. The van der Waals surface area contributed by atoms with Gasteiger partial charge in [-0.05, 0) is 36.8 Å². The Labute approximate surface area is 104 Å². The Hall–Kier alpha value is -0.700. The molecule has 1 aliphatic carbocycles. The zero-order valence-corrected chi connectivity index (χ0v) is 10.1. The number of hydrogen-bond donors (Lipinski definition) is 0. The van der Waals surface area contributed by atoms with Crippen LogP contribution in [0.15, 0.2) is 24.3 Å². The van der Waals surface area contributed by atoms with Gasteiger partial charge in [0.15, 0.2) is 0 Å². The van der Waals surface area contributed by atoms with Crippen molar-refractivity contribution in [1.82, 2.24) is 0 Å². The summed E-state index contributed by atoms with van der Waals surface area (Å²) >= 11 is 6.14. The van der Waals surface area contributed by atoms with Crippen molar-refractivity contribution in [1.29, 1.82) is 0 Å². The monoisotopic (exact) mass is 262 g/mol. The SMILES string of the molecule is FC(F)(F)c1cccc(CC2CCCC2Cl)c1. The number of hydrogen-bond acceptors (Lipinski definition) is 0. The van der Waals surface area contributed by atoms with E-state index in [9.17, 15) is 13.2 Å². The highest BCUT2D eigenvalue weighted by atomic mass is 35.5. The van der Waals surface area contributed by atoms with Gasteiger partial charge in [-0.15, -0.1) is 11.6 Å². The topological polar surface area (TPSA) is 0 Å². The first-order valence-corrected chi connectivity index (χ1v) is 6.20. The van der Waals surface area contributed by atoms with Crippen LogP contribution in [0.3, 0.4) is 0 Å². The maximum atomic E-state index is 12.5. The molecule has 0 spiro atoms. The van der Waals surface area contributed by atoms with E-state index in [2.05, 4.69) is 0 Å². The van der Waals surface area contributed by atoms with Crippen LogP contribution < -0.4 is 0 Å². The van der Waals surface area contributed by atoms with E-state index in [1.165, 1.54) is 12.1 Å². The quantitative estimate of drug-likeness (QED) is 0.680. The fourth-order valence-corrected chi connectivity index (χ4v) is 2.77. The zero-order valence-electron chi connectivity index (χ0n) is 9.30. The van der Waals surface area contributed by atoms with Gasteiger partial charge in [-0.1, -0.05) is 24.6 Å². The highest BCUT2D eigenvalue weighted by molar-refractivity contribution is 6.20. The second-order valence-corrected chi connectivity index (χ2v) is 5.17. The molecule has 1 saturated carbocycles. The lowest BCUT2D eigenvalue weighted by Gasteiger charge is -2.14. The average Bonchev–Trinajstić information content (AvgIpc) is 2.64. The first-order chi connectivity index (χ1) is 7.97. The molecule has 0 nitrogen and oxygen atoms in total. The van der Waals surface area contributed by atoms with Crippen molar-refractivity contribution in [3.8, 4) is 0 Å². The molecule has 0 heterocycles. The summed E-state index contributed by atoms with van der Waals surface area (Å²) in [5.74, 6) is 0.320. The molecule has 2 rings (SSSR count). The third kappa shape index (κ3) is 3.15. The first kappa shape index (κ1) is 12.7. The van der Waals surface area contributed by atoms with Crippen LogP contribution >= 0.6 is 11.6 Å². The minimum Gasteiger partial charge on any atom is -0.166 e. The molecule has 1 aromatic rings. The second-order valence-electron chi connectivity index (χ2n) is 4.61. The normalized spacial score (nSPS) is 25.2. The van der Waals surface area contributed by atoms with Crippen LogP contribution in [-0.4, -0.2) is 5.38 Å². The van der Waals surface area contributed by atoms with E-state index in [1.807, 2.05) is 0 Å². The van der Waals surface area contributed by atoms with Gasteiger partial charge in [-0.25, -0.2) is 0 Å². The van der Waals surface area contributed by atoms with Crippen LogP contribution in [0.1, 0.15) is 30.4 Å². The Morgan fingerprint density at radius 2 is 2.00 bits per heavy atom. The van der Waals surface area contributed by atoms with Gasteiger partial charge in [0, 0.05) is 5.38 Å². The van der Waals surface area contributed by atoms with Gasteiger partial charge >= 0.3 is 6.18 Å². The van der Waals surface area contributed by atoms with Crippen LogP contribution in [0.4, 0.5) is 13.2 Å². The molecule has 17 heavy (non-hydrogen) atoms. The first-order valence-electron chi connectivity index (χ1n) is 5.77. The molecule has 2 unspecified atom stereocenters. The molecule has 2 atom stereocenters. The van der Waals surface area contributed by atoms with E-state index in [4.69, 9.17) is 11.6 Å². The standard InChI is InChI=1S/C13H14ClF3/c14-12-6-2-4-10(12)7-9-3-1-5-11(8-9)13(15,16)17/h1,3,5,8,10,12H,2,4,6-7H2. The maximum absolute atomic E-state index is 12.5. The Morgan fingerprint density at radius 1 is 1.24 bits per heavy atom. The smallest absolute Gasteiger partial charge is 0.166 e. The Kier molecular flexibility index (Phi) is 3.67. The van der Waals surface area contributed by atoms with Gasteiger partial charge in [0.25, 0.3) is 0 Å². The van der Waals surface area contributed by atoms with Crippen molar-refractivity contribution in [3.05, 3.63) is 35.4 Å². The Bertz CT molecular complexity index is 386. The number of alkyl halides is 4. The summed E-state index contributed by atoms with van der Waals surface area (Å²) in [5.41, 5.74) is 0.163. The lowest BCUT2D eigenvalue weighted by atomic mass is 9.96. The van der Waals surface area contributed by atoms with Gasteiger partial charge in [-0.2, -0.15) is 13.2 Å². The summed E-state index contributed by atoms with van der Waals surface area (Å²) in [5, 5.41) is 0.115. The van der Waals surface area contributed by atoms with Gasteiger partial charge in [0.2, 0.25) is 0 Å². The van der Waals surface area contributed by atoms with E-state index in [0.29, 0.717) is 12.3 Å². The summed E-state index contributed by atoms with van der Waals surface area (Å²) < 4.78 is 37.6. The third-order valence-corrected chi connectivity index (χ3v) is 3.89. The van der Waals surface area contributed by atoms with Gasteiger partial charge in [-0.3, -0.25) is 0 Å². The highest BCUT2D eigenvalue weighted by Gasteiger charge is 2.31. The van der Waals surface area contributed by atoms with Crippen LogP contribution in [0.5, 0.6) is 0 Å².